The molecule has 1 heterocycles. The van der Waals surface area contributed by atoms with Crippen LogP contribution in [0, 0.1) is 0 Å². The van der Waals surface area contributed by atoms with Crippen LogP contribution in [0.4, 0.5) is 0 Å². The van der Waals surface area contributed by atoms with E-state index in [1.165, 1.54) is 0 Å². The van der Waals surface area contributed by atoms with Crippen LogP contribution in [0.5, 0.6) is 0 Å². The summed E-state index contributed by atoms with van der Waals surface area (Å²) in [6.45, 7) is 4.11. The zero-order valence-electron chi connectivity index (χ0n) is 15.7. The molecule has 1 amide bonds. The second-order valence-corrected chi connectivity index (χ2v) is 6.83. The summed E-state index contributed by atoms with van der Waals surface area (Å²) in [5.41, 5.74) is 1.09. The number of unbranched alkanes of at least 4 members (excludes halogenated alkanes) is 2. The minimum atomic E-state index is 0.120. The van der Waals surface area contributed by atoms with Gasteiger partial charge in [-0.15, -0.1) is 0 Å². The van der Waals surface area contributed by atoms with E-state index in [0.717, 1.165) is 50.5 Å². The number of piperazine rings is 1. The summed E-state index contributed by atoms with van der Waals surface area (Å²) in [6.07, 6.45) is 3.25. The summed E-state index contributed by atoms with van der Waals surface area (Å²) >= 11 is 5.92. The molecule has 0 atom stereocenters. The van der Waals surface area contributed by atoms with Crippen molar-refractivity contribution < 1.29 is 9.53 Å². The van der Waals surface area contributed by atoms with Crippen molar-refractivity contribution in [1.82, 2.24) is 15.1 Å². The number of ether oxygens (including phenoxy) is 1. The molecule has 0 aliphatic carbocycles. The van der Waals surface area contributed by atoms with Gasteiger partial charge in [0.15, 0.2) is 5.96 Å². The highest BCUT2D eigenvalue weighted by Gasteiger charge is 2.25. The van der Waals surface area contributed by atoms with Gasteiger partial charge in [0.1, 0.15) is 0 Å². The third-order valence-corrected chi connectivity index (χ3v) is 4.68. The van der Waals surface area contributed by atoms with E-state index in [0.29, 0.717) is 24.7 Å². The number of carbonyl (C=O) groups is 1. The highest BCUT2D eigenvalue weighted by atomic mass is 35.5. The van der Waals surface area contributed by atoms with E-state index in [1.54, 1.807) is 14.2 Å². The first kappa shape index (κ1) is 20.5. The van der Waals surface area contributed by atoms with Crippen molar-refractivity contribution in [3.63, 3.8) is 0 Å². The van der Waals surface area contributed by atoms with Crippen LogP contribution >= 0.6 is 11.6 Å². The highest BCUT2D eigenvalue weighted by Crippen LogP contribution is 2.13. The molecular weight excluding hydrogens is 352 g/mol. The summed E-state index contributed by atoms with van der Waals surface area (Å²) in [6, 6.07) is 7.64. The zero-order valence-corrected chi connectivity index (χ0v) is 16.5. The number of rotatable bonds is 8. The van der Waals surface area contributed by atoms with Crippen molar-refractivity contribution in [2.45, 2.75) is 25.8 Å². The molecule has 144 valence electrons. The first-order valence-corrected chi connectivity index (χ1v) is 9.48. The van der Waals surface area contributed by atoms with Gasteiger partial charge < -0.3 is 19.9 Å². The molecule has 0 saturated carbocycles. The second kappa shape index (κ2) is 11.0. The van der Waals surface area contributed by atoms with Gasteiger partial charge in [-0.2, -0.15) is 0 Å². The Labute approximate surface area is 161 Å². The van der Waals surface area contributed by atoms with Crippen LogP contribution in [0.15, 0.2) is 29.3 Å². The maximum Gasteiger partial charge on any atom is 0.242 e. The van der Waals surface area contributed by atoms with Gasteiger partial charge in [0.25, 0.3) is 0 Å². The summed E-state index contributed by atoms with van der Waals surface area (Å²) in [5.74, 6) is 0.922. The number of aliphatic imine (C=N–C) groups is 1. The minimum absolute atomic E-state index is 0.120. The topological polar surface area (TPSA) is 57.2 Å². The van der Waals surface area contributed by atoms with Crippen molar-refractivity contribution in [2.24, 2.45) is 4.99 Å². The van der Waals surface area contributed by atoms with E-state index in [1.807, 2.05) is 34.1 Å². The molecule has 1 fully saturated rings. The van der Waals surface area contributed by atoms with Gasteiger partial charge in [-0.1, -0.05) is 23.7 Å². The Hall–Kier alpha value is -1.79. The van der Waals surface area contributed by atoms with E-state index in [-0.39, 0.29) is 5.91 Å². The van der Waals surface area contributed by atoms with Crippen LogP contribution in [0.2, 0.25) is 5.02 Å². The van der Waals surface area contributed by atoms with E-state index < -0.39 is 0 Å². The smallest absolute Gasteiger partial charge is 0.242 e. The molecule has 1 aliphatic rings. The molecule has 0 bridgehead atoms. The number of guanidine groups is 1. The molecule has 0 spiro atoms. The van der Waals surface area contributed by atoms with Gasteiger partial charge in [-0.05, 0) is 37.0 Å². The van der Waals surface area contributed by atoms with Crippen molar-refractivity contribution in [3.05, 3.63) is 34.9 Å². The van der Waals surface area contributed by atoms with Crippen LogP contribution in [-0.2, 0) is 16.1 Å². The molecule has 1 N–H and O–H groups in total. The zero-order chi connectivity index (χ0) is 18.8. The predicted molar refractivity (Wildman–Crippen MR) is 106 cm³/mol. The fourth-order valence-electron chi connectivity index (χ4n) is 2.95. The SMILES string of the molecule is CN=C(NCCCCCOC)N1CCN(Cc2ccc(Cl)cc2)C(=O)C1. The number of amides is 1. The fraction of sp³-hybridized carbons (Fsp3) is 0.579. The summed E-state index contributed by atoms with van der Waals surface area (Å²) in [4.78, 5) is 20.7. The minimum Gasteiger partial charge on any atom is -0.385 e. The largest absolute Gasteiger partial charge is 0.385 e. The molecule has 1 saturated heterocycles. The Balaban J connectivity index is 1.77. The number of methoxy groups -OCH3 is 1. The average molecular weight is 381 g/mol. The standard InChI is InChI=1S/C19H29ClN4O2/c1-21-19(22-10-4-3-5-13-26-2)24-12-11-23(18(25)15-24)14-16-6-8-17(20)9-7-16/h6-9H,3-5,10-15H2,1-2H3,(H,21,22). The summed E-state index contributed by atoms with van der Waals surface area (Å²) in [7, 11) is 3.49. The molecule has 1 aromatic rings. The Kier molecular flexibility index (Phi) is 8.71. The van der Waals surface area contributed by atoms with Gasteiger partial charge in [-0.3, -0.25) is 9.79 Å². The van der Waals surface area contributed by atoms with Crippen LogP contribution in [-0.4, -0.2) is 68.6 Å². The lowest BCUT2D eigenvalue weighted by Gasteiger charge is -2.36. The van der Waals surface area contributed by atoms with Crippen molar-refractivity contribution in [2.75, 3.05) is 46.9 Å². The molecule has 1 aliphatic heterocycles. The lowest BCUT2D eigenvalue weighted by molar-refractivity contribution is -0.135. The molecular formula is C19H29ClN4O2. The Morgan fingerprint density at radius 3 is 2.65 bits per heavy atom. The molecule has 2 rings (SSSR count). The van der Waals surface area contributed by atoms with Crippen LogP contribution in [0.1, 0.15) is 24.8 Å². The van der Waals surface area contributed by atoms with Crippen LogP contribution in [0.3, 0.4) is 0 Å². The van der Waals surface area contributed by atoms with Crippen LogP contribution in [0.25, 0.3) is 0 Å². The summed E-state index contributed by atoms with van der Waals surface area (Å²) < 4.78 is 5.06. The van der Waals surface area contributed by atoms with Gasteiger partial charge in [0.2, 0.25) is 5.91 Å². The first-order valence-electron chi connectivity index (χ1n) is 9.11. The molecule has 0 aromatic heterocycles. The molecule has 26 heavy (non-hydrogen) atoms. The molecule has 0 radical (unpaired) electrons. The van der Waals surface area contributed by atoms with Crippen molar-refractivity contribution in [1.29, 1.82) is 0 Å². The number of benzene rings is 1. The third kappa shape index (κ3) is 6.50. The summed E-state index contributed by atoms with van der Waals surface area (Å²) in [5, 5.41) is 4.07. The highest BCUT2D eigenvalue weighted by molar-refractivity contribution is 6.30. The van der Waals surface area contributed by atoms with E-state index in [2.05, 4.69) is 10.3 Å². The number of hydrogen-bond acceptors (Lipinski definition) is 3. The Morgan fingerprint density at radius 2 is 2.00 bits per heavy atom. The average Bonchev–Trinajstić information content (AvgIpc) is 2.65. The van der Waals surface area contributed by atoms with E-state index >= 15 is 0 Å². The maximum atomic E-state index is 12.5. The number of hydrogen-bond donors (Lipinski definition) is 1. The van der Waals surface area contributed by atoms with Crippen molar-refractivity contribution in [3.8, 4) is 0 Å². The Bertz CT molecular complexity index is 592. The second-order valence-electron chi connectivity index (χ2n) is 6.39. The Morgan fingerprint density at radius 1 is 1.23 bits per heavy atom. The normalized spacial score (nSPS) is 15.5. The third-order valence-electron chi connectivity index (χ3n) is 4.43. The molecule has 6 nitrogen and oxygen atoms in total. The van der Waals surface area contributed by atoms with E-state index in [4.69, 9.17) is 16.3 Å². The fourth-order valence-corrected chi connectivity index (χ4v) is 3.07. The predicted octanol–water partition coefficient (Wildman–Crippen LogP) is 2.38. The van der Waals surface area contributed by atoms with Crippen molar-refractivity contribution >= 4 is 23.5 Å². The van der Waals surface area contributed by atoms with Gasteiger partial charge in [0.05, 0.1) is 6.54 Å². The van der Waals surface area contributed by atoms with Gasteiger partial charge >= 0.3 is 0 Å². The number of nitrogens with zero attached hydrogens (tertiary/aromatic N) is 3. The number of halogens is 1. The lowest BCUT2D eigenvalue weighted by atomic mass is 10.2. The lowest BCUT2D eigenvalue weighted by Crippen LogP contribution is -2.55. The quantitative estimate of drug-likeness (QED) is 0.427. The first-order chi connectivity index (χ1) is 12.6. The number of nitrogens with one attached hydrogen (secondary N) is 1. The van der Waals surface area contributed by atoms with Gasteiger partial charge in [0, 0.05) is 52.0 Å². The van der Waals surface area contributed by atoms with Crippen LogP contribution < -0.4 is 5.32 Å². The van der Waals surface area contributed by atoms with Gasteiger partial charge in [-0.25, -0.2) is 0 Å². The molecule has 7 heteroatoms. The monoisotopic (exact) mass is 380 g/mol. The molecule has 0 unspecified atom stereocenters. The van der Waals surface area contributed by atoms with E-state index in [9.17, 15) is 4.79 Å². The number of carbonyl (C=O) groups excluding carboxylic acids is 1. The molecule has 1 aromatic carbocycles. The maximum absolute atomic E-state index is 12.5.